The zero-order valence-corrected chi connectivity index (χ0v) is 21.3. The highest BCUT2D eigenvalue weighted by Crippen LogP contribution is 2.32. The van der Waals surface area contributed by atoms with Crippen LogP contribution in [0.5, 0.6) is 11.5 Å². The number of ether oxygens (including phenoxy) is 2. The molecular formula is C27H32N6O4. The summed E-state index contributed by atoms with van der Waals surface area (Å²) < 4.78 is 11.6. The number of rotatable bonds is 10. The summed E-state index contributed by atoms with van der Waals surface area (Å²) in [6.07, 6.45) is 1.45. The average molecular weight is 505 g/mol. The molecule has 0 aliphatic heterocycles. The standard InChI is InChI=1S/C27H32N6O4/c1-5-36-22-15-19(10-13-21(22)37-16(2)3)24(31-20-11-8-18(9-12-20)25(28)29)27(35)33-32-26(34)23-17(4)7-6-14-30-23/h6-16,24,31H,5H2,1-4H3,(H3,28,29)(H,32,34)(H,33,35). The number of anilines is 1. The topological polar surface area (TPSA) is 151 Å². The summed E-state index contributed by atoms with van der Waals surface area (Å²) in [5.41, 5.74) is 13.1. The summed E-state index contributed by atoms with van der Waals surface area (Å²) in [6, 6.07) is 14.6. The second kappa shape index (κ2) is 12.4. The van der Waals surface area contributed by atoms with Crippen molar-refractivity contribution >= 4 is 23.3 Å². The first-order chi connectivity index (χ1) is 17.7. The van der Waals surface area contributed by atoms with E-state index in [-0.39, 0.29) is 17.6 Å². The predicted molar refractivity (Wildman–Crippen MR) is 142 cm³/mol. The minimum atomic E-state index is -0.916. The van der Waals surface area contributed by atoms with Crippen LogP contribution in [0, 0.1) is 12.3 Å². The third kappa shape index (κ3) is 7.20. The molecule has 0 aliphatic carbocycles. The molecule has 0 spiro atoms. The number of hydrogen-bond acceptors (Lipinski definition) is 7. The quantitative estimate of drug-likeness (QED) is 0.161. The summed E-state index contributed by atoms with van der Waals surface area (Å²) in [5.74, 6) is -0.0578. The van der Waals surface area contributed by atoms with Gasteiger partial charge < -0.3 is 20.5 Å². The number of benzene rings is 2. The molecule has 0 radical (unpaired) electrons. The number of hydrogen-bond donors (Lipinski definition) is 5. The Kier molecular flexibility index (Phi) is 9.04. The van der Waals surface area contributed by atoms with E-state index in [2.05, 4.69) is 21.2 Å². The molecule has 1 unspecified atom stereocenters. The molecule has 6 N–H and O–H groups in total. The van der Waals surface area contributed by atoms with Gasteiger partial charge in [0.05, 0.1) is 12.7 Å². The van der Waals surface area contributed by atoms with Crippen LogP contribution >= 0.6 is 0 Å². The van der Waals surface area contributed by atoms with Crippen LogP contribution in [0.25, 0.3) is 0 Å². The van der Waals surface area contributed by atoms with Crippen molar-refractivity contribution in [3.8, 4) is 11.5 Å². The highest BCUT2D eigenvalue weighted by molar-refractivity contribution is 5.96. The molecule has 0 saturated carbocycles. The van der Waals surface area contributed by atoms with Crippen LogP contribution < -0.4 is 31.4 Å². The van der Waals surface area contributed by atoms with E-state index >= 15 is 0 Å². The van der Waals surface area contributed by atoms with Gasteiger partial charge in [-0.2, -0.15) is 0 Å². The zero-order valence-electron chi connectivity index (χ0n) is 21.3. The number of amides is 2. The second-order valence-electron chi connectivity index (χ2n) is 8.49. The van der Waals surface area contributed by atoms with E-state index in [1.165, 1.54) is 6.20 Å². The first-order valence-electron chi connectivity index (χ1n) is 11.9. The number of pyridine rings is 1. The van der Waals surface area contributed by atoms with Crippen LogP contribution in [0.4, 0.5) is 5.69 Å². The van der Waals surface area contributed by atoms with Gasteiger partial charge in [-0.1, -0.05) is 12.1 Å². The lowest BCUT2D eigenvalue weighted by molar-refractivity contribution is -0.122. The molecule has 1 aromatic heterocycles. The third-order valence-electron chi connectivity index (χ3n) is 5.26. The molecule has 1 atom stereocenters. The van der Waals surface area contributed by atoms with Crippen LogP contribution in [-0.2, 0) is 4.79 Å². The molecule has 0 aliphatic rings. The number of aryl methyl sites for hydroxylation is 1. The Bertz CT molecular complexity index is 1260. The largest absolute Gasteiger partial charge is 0.490 e. The van der Waals surface area contributed by atoms with Gasteiger partial charge in [0.1, 0.15) is 17.6 Å². The molecule has 2 aromatic carbocycles. The van der Waals surface area contributed by atoms with Gasteiger partial charge in [0.25, 0.3) is 11.8 Å². The first kappa shape index (κ1) is 27.0. The van der Waals surface area contributed by atoms with E-state index in [0.717, 1.165) is 0 Å². The molecule has 3 aromatic rings. The molecular weight excluding hydrogens is 472 g/mol. The van der Waals surface area contributed by atoms with E-state index in [1.54, 1.807) is 61.5 Å². The SMILES string of the molecule is CCOc1cc(C(Nc2ccc(C(=N)N)cc2)C(=O)NNC(=O)c2ncccc2C)ccc1OC(C)C. The van der Waals surface area contributed by atoms with Gasteiger partial charge in [-0.25, -0.2) is 0 Å². The Morgan fingerprint density at radius 1 is 1.05 bits per heavy atom. The van der Waals surface area contributed by atoms with Crippen molar-refractivity contribution in [2.45, 2.75) is 39.8 Å². The van der Waals surface area contributed by atoms with Crippen LogP contribution in [0.1, 0.15) is 54.0 Å². The van der Waals surface area contributed by atoms with E-state index in [9.17, 15) is 9.59 Å². The number of amidine groups is 1. The maximum absolute atomic E-state index is 13.3. The van der Waals surface area contributed by atoms with Crippen molar-refractivity contribution in [2.24, 2.45) is 5.73 Å². The summed E-state index contributed by atoms with van der Waals surface area (Å²) >= 11 is 0. The summed E-state index contributed by atoms with van der Waals surface area (Å²) in [4.78, 5) is 30.0. The molecule has 3 rings (SSSR count). The number of carbonyl (C=O) groups excluding carboxylic acids is 2. The molecule has 10 heteroatoms. The molecule has 194 valence electrons. The molecule has 0 saturated heterocycles. The molecule has 2 amide bonds. The predicted octanol–water partition coefficient (Wildman–Crippen LogP) is 3.47. The smallest absolute Gasteiger partial charge is 0.288 e. The molecule has 10 nitrogen and oxygen atoms in total. The number of nitrogens with two attached hydrogens (primary N) is 1. The third-order valence-corrected chi connectivity index (χ3v) is 5.26. The van der Waals surface area contributed by atoms with Gasteiger partial charge in [-0.05, 0) is 81.3 Å². The second-order valence-corrected chi connectivity index (χ2v) is 8.49. The Morgan fingerprint density at radius 2 is 1.78 bits per heavy atom. The number of nitrogens with zero attached hydrogens (tertiary/aromatic N) is 1. The lowest BCUT2D eigenvalue weighted by atomic mass is 10.0. The van der Waals surface area contributed by atoms with Crippen molar-refractivity contribution in [2.75, 3.05) is 11.9 Å². The van der Waals surface area contributed by atoms with Crippen molar-refractivity contribution in [3.05, 3.63) is 83.2 Å². The minimum Gasteiger partial charge on any atom is -0.490 e. The molecule has 0 bridgehead atoms. The van der Waals surface area contributed by atoms with Crippen molar-refractivity contribution in [1.82, 2.24) is 15.8 Å². The zero-order chi connectivity index (χ0) is 26.9. The van der Waals surface area contributed by atoms with Crippen LogP contribution in [0.3, 0.4) is 0 Å². The fraction of sp³-hybridized carbons (Fsp3) is 0.259. The van der Waals surface area contributed by atoms with E-state index in [0.29, 0.717) is 40.5 Å². The number of nitrogen functional groups attached to an aromatic ring is 1. The Hall–Kier alpha value is -4.60. The van der Waals surface area contributed by atoms with Gasteiger partial charge in [0.2, 0.25) is 0 Å². The summed E-state index contributed by atoms with van der Waals surface area (Å²) in [6.45, 7) is 7.86. The van der Waals surface area contributed by atoms with Crippen molar-refractivity contribution in [3.63, 3.8) is 0 Å². The number of carbonyl (C=O) groups is 2. The summed E-state index contributed by atoms with van der Waals surface area (Å²) in [5, 5.41) is 10.8. The van der Waals surface area contributed by atoms with Gasteiger partial charge in [-0.3, -0.25) is 30.8 Å². The normalized spacial score (nSPS) is 11.4. The average Bonchev–Trinajstić information content (AvgIpc) is 2.87. The van der Waals surface area contributed by atoms with Gasteiger partial charge in [0, 0.05) is 17.4 Å². The summed E-state index contributed by atoms with van der Waals surface area (Å²) in [7, 11) is 0. The molecule has 0 fully saturated rings. The molecule has 37 heavy (non-hydrogen) atoms. The maximum Gasteiger partial charge on any atom is 0.288 e. The lowest BCUT2D eigenvalue weighted by Gasteiger charge is -2.22. The minimum absolute atomic E-state index is 0.0598. The van der Waals surface area contributed by atoms with Crippen LogP contribution in [0.2, 0.25) is 0 Å². The maximum atomic E-state index is 13.3. The van der Waals surface area contributed by atoms with Gasteiger partial charge in [0.15, 0.2) is 11.5 Å². The van der Waals surface area contributed by atoms with Gasteiger partial charge >= 0.3 is 0 Å². The van der Waals surface area contributed by atoms with E-state index in [4.69, 9.17) is 20.6 Å². The highest BCUT2D eigenvalue weighted by Gasteiger charge is 2.24. The monoisotopic (exact) mass is 504 g/mol. The fourth-order valence-electron chi connectivity index (χ4n) is 3.51. The van der Waals surface area contributed by atoms with Crippen molar-refractivity contribution in [1.29, 1.82) is 5.41 Å². The molecule has 1 heterocycles. The number of hydrazine groups is 1. The highest BCUT2D eigenvalue weighted by atomic mass is 16.5. The van der Waals surface area contributed by atoms with Crippen molar-refractivity contribution < 1.29 is 19.1 Å². The first-order valence-corrected chi connectivity index (χ1v) is 11.9. The number of nitrogens with one attached hydrogen (secondary N) is 4. The fourth-order valence-corrected chi connectivity index (χ4v) is 3.51. The van der Waals surface area contributed by atoms with E-state index in [1.807, 2.05) is 20.8 Å². The van der Waals surface area contributed by atoms with Crippen LogP contribution in [0.15, 0.2) is 60.8 Å². The lowest BCUT2D eigenvalue weighted by Crippen LogP contribution is -2.45. The Morgan fingerprint density at radius 3 is 2.41 bits per heavy atom. The Labute approximate surface area is 216 Å². The number of aromatic nitrogens is 1. The van der Waals surface area contributed by atoms with Gasteiger partial charge in [-0.15, -0.1) is 0 Å². The van der Waals surface area contributed by atoms with Crippen LogP contribution in [-0.4, -0.2) is 35.3 Å². The Balaban J connectivity index is 1.89. The van der Waals surface area contributed by atoms with E-state index < -0.39 is 17.9 Å².